The molecule has 2 atom stereocenters. The van der Waals surface area contributed by atoms with Gasteiger partial charge in [-0.1, -0.05) is 30.3 Å². The minimum atomic E-state index is -1.13. The first-order chi connectivity index (χ1) is 17.8. The second-order valence-electron chi connectivity index (χ2n) is 8.88. The van der Waals surface area contributed by atoms with Crippen molar-refractivity contribution in [1.29, 1.82) is 0 Å². The summed E-state index contributed by atoms with van der Waals surface area (Å²) >= 11 is 0. The molecule has 1 N–H and O–H groups in total. The summed E-state index contributed by atoms with van der Waals surface area (Å²) in [4.78, 5) is 27.5. The number of aromatic nitrogens is 1. The number of carbonyl (C=O) groups is 1. The number of benzene rings is 2. The Kier molecular flexibility index (Phi) is 6.43. The molecule has 2 aliphatic heterocycles. The van der Waals surface area contributed by atoms with E-state index >= 15 is 4.39 Å². The topological polar surface area (TPSA) is 84.2 Å². The molecule has 1 amide bonds. The number of methoxy groups -OCH3 is 1. The third-order valence-electron chi connectivity index (χ3n) is 6.67. The molecule has 2 aromatic carbocycles. The van der Waals surface area contributed by atoms with Gasteiger partial charge in [-0.15, -0.1) is 0 Å². The molecule has 0 saturated carbocycles. The number of hydrogen-bond acceptors (Lipinski definition) is 6. The van der Waals surface area contributed by atoms with Crippen molar-refractivity contribution in [2.24, 2.45) is 0 Å². The third-order valence-corrected chi connectivity index (χ3v) is 6.67. The third kappa shape index (κ3) is 4.13. The second-order valence-corrected chi connectivity index (χ2v) is 8.88. The summed E-state index contributed by atoms with van der Waals surface area (Å²) < 4.78 is 42.1. The maximum atomic E-state index is 15.2. The van der Waals surface area contributed by atoms with Gasteiger partial charge in [-0.05, 0) is 36.3 Å². The maximum Gasteiger partial charge on any atom is 0.278 e. The van der Waals surface area contributed by atoms with E-state index in [9.17, 15) is 19.1 Å². The van der Waals surface area contributed by atoms with Crippen LogP contribution in [0.1, 0.15) is 33.2 Å². The Morgan fingerprint density at radius 2 is 1.89 bits per heavy atom. The summed E-state index contributed by atoms with van der Waals surface area (Å²) in [5.74, 6) is -3.74. The molecule has 0 radical (unpaired) electrons. The molecular formula is C27H25F2N3O5. The molecule has 10 heteroatoms. The average Bonchev–Trinajstić information content (AvgIpc) is 2.90. The van der Waals surface area contributed by atoms with Crippen molar-refractivity contribution in [3.8, 4) is 11.5 Å². The van der Waals surface area contributed by atoms with Crippen molar-refractivity contribution in [1.82, 2.24) is 9.58 Å². The Bertz CT molecular complexity index is 1450. The van der Waals surface area contributed by atoms with Crippen molar-refractivity contribution in [2.75, 3.05) is 32.0 Å². The number of pyridine rings is 1. The van der Waals surface area contributed by atoms with Crippen LogP contribution in [-0.4, -0.2) is 53.6 Å². The highest BCUT2D eigenvalue weighted by Gasteiger charge is 2.40. The number of nitrogens with zero attached hydrogens (tertiary/aromatic N) is 3. The molecule has 192 valence electrons. The van der Waals surface area contributed by atoms with E-state index in [0.29, 0.717) is 5.56 Å². The van der Waals surface area contributed by atoms with Gasteiger partial charge in [-0.25, -0.2) is 4.39 Å². The molecule has 5 rings (SSSR count). The van der Waals surface area contributed by atoms with E-state index in [2.05, 4.69) is 0 Å². The average molecular weight is 510 g/mol. The van der Waals surface area contributed by atoms with E-state index in [1.54, 1.807) is 17.2 Å². The van der Waals surface area contributed by atoms with Gasteiger partial charge in [0, 0.05) is 24.9 Å². The lowest BCUT2D eigenvalue weighted by Crippen LogP contribution is -2.58. The zero-order chi connectivity index (χ0) is 26.3. The van der Waals surface area contributed by atoms with Crippen LogP contribution in [-0.2, 0) is 4.74 Å². The highest BCUT2D eigenvalue weighted by Crippen LogP contribution is 2.40. The van der Waals surface area contributed by atoms with Gasteiger partial charge in [-0.2, -0.15) is 4.39 Å². The molecule has 2 bridgehead atoms. The Morgan fingerprint density at radius 3 is 2.65 bits per heavy atom. The molecule has 3 aromatic rings. The Hall–Kier alpha value is -4.18. The van der Waals surface area contributed by atoms with Crippen LogP contribution in [0.4, 0.5) is 8.78 Å². The fourth-order valence-corrected chi connectivity index (χ4v) is 4.87. The largest absolute Gasteiger partial charge is 0.502 e. The molecule has 3 heterocycles. The maximum absolute atomic E-state index is 15.2. The van der Waals surface area contributed by atoms with Gasteiger partial charge in [0.2, 0.25) is 11.2 Å². The smallest absolute Gasteiger partial charge is 0.278 e. The van der Waals surface area contributed by atoms with E-state index in [1.165, 1.54) is 28.9 Å². The lowest BCUT2D eigenvalue weighted by molar-refractivity contribution is 0.0517. The van der Waals surface area contributed by atoms with Gasteiger partial charge in [0.05, 0.1) is 12.6 Å². The number of aromatic hydroxyl groups is 1. The Labute approximate surface area is 211 Å². The van der Waals surface area contributed by atoms with E-state index in [1.807, 2.05) is 31.2 Å². The van der Waals surface area contributed by atoms with Crippen LogP contribution >= 0.6 is 0 Å². The number of ether oxygens (including phenoxy) is 2. The summed E-state index contributed by atoms with van der Waals surface area (Å²) in [6.07, 6.45) is 4.65. The molecule has 2 aliphatic rings. The van der Waals surface area contributed by atoms with Crippen LogP contribution in [0.3, 0.4) is 0 Å². The molecule has 0 saturated heterocycles. The first-order valence-electron chi connectivity index (χ1n) is 11.7. The van der Waals surface area contributed by atoms with Crippen LogP contribution in [0.15, 0.2) is 65.6 Å². The Balaban J connectivity index is 1.86. The van der Waals surface area contributed by atoms with Crippen molar-refractivity contribution in [3.05, 3.63) is 105 Å². The zero-order valence-electron chi connectivity index (χ0n) is 20.2. The summed E-state index contributed by atoms with van der Waals surface area (Å²) in [6, 6.07) is 9.62. The molecule has 0 aliphatic carbocycles. The first kappa shape index (κ1) is 24.5. The van der Waals surface area contributed by atoms with Crippen molar-refractivity contribution < 1.29 is 28.2 Å². The van der Waals surface area contributed by atoms with Gasteiger partial charge in [0.1, 0.15) is 19.3 Å². The fraction of sp³-hybridized carbons (Fsp3) is 0.259. The summed E-state index contributed by atoms with van der Waals surface area (Å²) in [5, 5.41) is 12.4. The van der Waals surface area contributed by atoms with E-state index in [0.717, 1.165) is 23.3 Å². The van der Waals surface area contributed by atoms with E-state index in [4.69, 9.17) is 9.47 Å². The number of amides is 1. The van der Waals surface area contributed by atoms with Crippen LogP contribution < -0.4 is 15.2 Å². The summed E-state index contributed by atoms with van der Waals surface area (Å²) in [7, 11) is 1.49. The van der Waals surface area contributed by atoms with E-state index in [-0.39, 0.29) is 31.3 Å². The first-order valence-corrected chi connectivity index (χ1v) is 11.7. The van der Waals surface area contributed by atoms with Crippen LogP contribution in [0.25, 0.3) is 0 Å². The van der Waals surface area contributed by atoms with Gasteiger partial charge in [0.25, 0.3) is 5.91 Å². The molecule has 37 heavy (non-hydrogen) atoms. The predicted octanol–water partition coefficient (Wildman–Crippen LogP) is 3.25. The molecule has 0 fully saturated rings. The molecule has 8 nitrogen and oxygen atoms in total. The number of aryl methyl sites for hydroxylation is 1. The molecule has 0 unspecified atom stereocenters. The normalized spacial score (nSPS) is 19.9. The number of fused-ring (bicyclic) bond motifs is 5. The van der Waals surface area contributed by atoms with E-state index < -0.39 is 40.8 Å². The monoisotopic (exact) mass is 509 g/mol. The number of halogens is 2. The summed E-state index contributed by atoms with van der Waals surface area (Å²) in [6.45, 7) is 1.88. The standard InChI is InChI=1S/C27H25F2N3O5/c1-16-6-3-4-8-18(16)23-19-9-10-20(28)22(29)26(19)37-13-5-7-17(14-36-2)30-15-32(23)31-12-11-21(33)25(34)24(31)27(30)35/h3-12,17,23,34H,13-15H2,1-2H3/b7-5+/t17-,23+/m1/s1. The van der Waals surface area contributed by atoms with Gasteiger partial charge < -0.3 is 19.5 Å². The predicted molar refractivity (Wildman–Crippen MR) is 131 cm³/mol. The number of carbonyl (C=O) groups excluding carboxylic acids is 1. The minimum absolute atomic E-state index is 0.0239. The Morgan fingerprint density at radius 1 is 1.11 bits per heavy atom. The number of hydrogen-bond donors (Lipinski definition) is 1. The quantitative estimate of drug-likeness (QED) is 0.546. The van der Waals surface area contributed by atoms with Gasteiger partial charge in [-0.3, -0.25) is 19.3 Å². The highest BCUT2D eigenvalue weighted by molar-refractivity contribution is 5.96. The van der Waals surface area contributed by atoms with Crippen molar-refractivity contribution in [3.63, 3.8) is 0 Å². The fourth-order valence-electron chi connectivity index (χ4n) is 4.87. The molecular weight excluding hydrogens is 484 g/mol. The van der Waals surface area contributed by atoms with Crippen molar-refractivity contribution >= 4 is 5.91 Å². The molecule has 0 spiro atoms. The van der Waals surface area contributed by atoms with Crippen LogP contribution in [0, 0.1) is 18.6 Å². The lowest BCUT2D eigenvalue weighted by atomic mass is 9.93. The second kappa shape index (κ2) is 9.70. The van der Waals surface area contributed by atoms with Crippen LogP contribution in [0.2, 0.25) is 0 Å². The van der Waals surface area contributed by atoms with Gasteiger partial charge in [0.15, 0.2) is 23.0 Å². The SMILES string of the molecule is COC[C@H]1/C=C/COc2c(ccc(F)c2F)[C@H](c2ccccc2C)N2CN1C(=O)c1c(O)c(=O)ccn12. The van der Waals surface area contributed by atoms with Crippen LogP contribution in [0.5, 0.6) is 11.5 Å². The van der Waals surface area contributed by atoms with Gasteiger partial charge >= 0.3 is 0 Å². The number of rotatable bonds is 3. The zero-order valence-corrected chi connectivity index (χ0v) is 20.2. The van der Waals surface area contributed by atoms with Crippen molar-refractivity contribution in [2.45, 2.75) is 19.0 Å². The lowest BCUT2D eigenvalue weighted by Gasteiger charge is -2.46. The molecule has 1 aromatic heterocycles. The minimum Gasteiger partial charge on any atom is -0.502 e. The highest BCUT2D eigenvalue weighted by atomic mass is 19.2. The summed E-state index contributed by atoms with van der Waals surface area (Å²) in [5.41, 5.74) is 0.933.